The Balaban J connectivity index is 1.76. The van der Waals surface area contributed by atoms with Gasteiger partial charge in [-0.15, -0.1) is 0 Å². The summed E-state index contributed by atoms with van der Waals surface area (Å²) in [7, 11) is 1.81. The summed E-state index contributed by atoms with van der Waals surface area (Å²) >= 11 is 0. The minimum absolute atomic E-state index is 0.0761. The van der Waals surface area contributed by atoms with Crippen molar-refractivity contribution in [3.8, 4) is 5.75 Å². The van der Waals surface area contributed by atoms with Crippen molar-refractivity contribution in [2.45, 2.75) is 31.4 Å². The van der Waals surface area contributed by atoms with Crippen molar-refractivity contribution in [1.82, 2.24) is 4.90 Å². The van der Waals surface area contributed by atoms with Gasteiger partial charge in [0.05, 0.1) is 0 Å². The molecule has 3 rings (SSSR count). The summed E-state index contributed by atoms with van der Waals surface area (Å²) in [6, 6.07) is 6.16. The van der Waals surface area contributed by atoms with Gasteiger partial charge in [-0.25, -0.2) is 0 Å². The first kappa shape index (κ1) is 11.5. The fourth-order valence-corrected chi connectivity index (χ4v) is 2.76. The molecule has 96 valence electrons. The zero-order valence-electron chi connectivity index (χ0n) is 10.6. The lowest BCUT2D eigenvalue weighted by Gasteiger charge is -2.14. The van der Waals surface area contributed by atoms with Crippen LogP contribution in [0.4, 0.5) is 0 Å². The molecule has 1 aromatic carbocycles. The number of rotatable bonds is 2. The predicted octanol–water partition coefficient (Wildman–Crippen LogP) is 1.24. The largest absolute Gasteiger partial charge is 0.481 e. The second-order valence-electron chi connectivity index (χ2n) is 5.16. The minimum Gasteiger partial charge on any atom is -0.481 e. The molecule has 2 N–H and O–H groups in total. The average molecular weight is 246 g/mol. The maximum absolute atomic E-state index is 11.8. The van der Waals surface area contributed by atoms with Crippen LogP contribution < -0.4 is 10.5 Å². The van der Waals surface area contributed by atoms with Crippen molar-refractivity contribution in [2.75, 3.05) is 13.6 Å². The topological polar surface area (TPSA) is 55.6 Å². The van der Waals surface area contributed by atoms with E-state index in [2.05, 4.69) is 0 Å². The molecule has 1 fully saturated rings. The number of carbonyl (C=O) groups excluding carboxylic acids is 1. The third-order valence-corrected chi connectivity index (χ3v) is 3.90. The highest BCUT2D eigenvalue weighted by atomic mass is 16.5. The summed E-state index contributed by atoms with van der Waals surface area (Å²) in [6.07, 6.45) is 2.46. The van der Waals surface area contributed by atoms with Crippen LogP contribution in [0.5, 0.6) is 5.75 Å². The fraction of sp³-hybridized carbons (Fsp3) is 0.500. The smallest absolute Gasteiger partial charge is 0.263 e. The molecule has 1 aliphatic heterocycles. The molecule has 0 bridgehead atoms. The molecule has 0 radical (unpaired) electrons. The molecule has 4 nitrogen and oxygen atoms in total. The second-order valence-corrected chi connectivity index (χ2v) is 5.16. The molecule has 0 spiro atoms. The maximum Gasteiger partial charge on any atom is 0.263 e. The van der Waals surface area contributed by atoms with Gasteiger partial charge in [-0.1, -0.05) is 6.07 Å². The highest BCUT2D eigenvalue weighted by molar-refractivity contribution is 5.83. The number of carbonyl (C=O) groups is 1. The lowest BCUT2D eigenvalue weighted by Crippen LogP contribution is -2.29. The molecule has 1 aliphatic carbocycles. The molecule has 2 atom stereocenters. The highest BCUT2D eigenvalue weighted by Crippen LogP contribution is 2.32. The molecule has 1 amide bonds. The van der Waals surface area contributed by atoms with E-state index in [0.29, 0.717) is 0 Å². The van der Waals surface area contributed by atoms with Crippen molar-refractivity contribution in [1.29, 1.82) is 0 Å². The van der Waals surface area contributed by atoms with Crippen LogP contribution in [0, 0.1) is 0 Å². The Morgan fingerprint density at radius 3 is 2.94 bits per heavy atom. The van der Waals surface area contributed by atoms with Crippen LogP contribution in [-0.2, 0) is 11.2 Å². The number of ether oxygens (including phenoxy) is 1. The zero-order valence-corrected chi connectivity index (χ0v) is 10.6. The van der Waals surface area contributed by atoms with Crippen LogP contribution in [0.3, 0.4) is 0 Å². The molecular formula is C14H18N2O2. The predicted molar refractivity (Wildman–Crippen MR) is 68.4 cm³/mol. The molecule has 0 aromatic heterocycles. The summed E-state index contributed by atoms with van der Waals surface area (Å²) in [5.74, 6) is 0.865. The first-order valence-electron chi connectivity index (χ1n) is 6.45. The summed E-state index contributed by atoms with van der Waals surface area (Å²) < 4.78 is 5.79. The number of nitrogens with two attached hydrogens (primary N) is 1. The number of fused-ring (bicyclic) bond motifs is 1. The first-order valence-corrected chi connectivity index (χ1v) is 6.45. The lowest BCUT2D eigenvalue weighted by molar-refractivity contribution is -0.132. The third kappa shape index (κ3) is 1.86. The molecule has 2 aliphatic rings. The van der Waals surface area contributed by atoms with E-state index >= 15 is 0 Å². The Kier molecular flexibility index (Phi) is 2.74. The van der Waals surface area contributed by atoms with Gasteiger partial charge in [0.2, 0.25) is 0 Å². The van der Waals surface area contributed by atoms with Crippen LogP contribution in [0.25, 0.3) is 0 Å². The Bertz CT molecular complexity index is 487. The number of hydrogen-bond donors (Lipinski definition) is 1. The van der Waals surface area contributed by atoms with E-state index < -0.39 is 0 Å². The van der Waals surface area contributed by atoms with E-state index in [-0.39, 0.29) is 18.1 Å². The van der Waals surface area contributed by atoms with Gasteiger partial charge in [0.1, 0.15) is 5.75 Å². The van der Waals surface area contributed by atoms with E-state index in [1.807, 2.05) is 25.2 Å². The Morgan fingerprint density at radius 2 is 2.22 bits per heavy atom. The number of nitrogens with zero attached hydrogens (tertiary/aromatic N) is 1. The molecule has 18 heavy (non-hydrogen) atoms. The lowest BCUT2D eigenvalue weighted by atomic mass is 10.1. The molecule has 0 saturated carbocycles. The number of aryl methyl sites for hydroxylation is 1. The highest BCUT2D eigenvalue weighted by Gasteiger charge is 2.31. The monoisotopic (exact) mass is 246 g/mol. The summed E-state index contributed by atoms with van der Waals surface area (Å²) in [5, 5.41) is 0. The molecule has 1 aromatic rings. The Labute approximate surface area is 107 Å². The van der Waals surface area contributed by atoms with Crippen LogP contribution >= 0.6 is 0 Å². The van der Waals surface area contributed by atoms with Gasteiger partial charge in [-0.05, 0) is 36.1 Å². The summed E-state index contributed by atoms with van der Waals surface area (Å²) in [6.45, 7) is 0.777. The fourth-order valence-electron chi connectivity index (χ4n) is 2.76. The number of benzene rings is 1. The molecule has 1 heterocycles. The van der Waals surface area contributed by atoms with E-state index in [0.717, 1.165) is 31.6 Å². The first-order chi connectivity index (χ1) is 8.65. The zero-order chi connectivity index (χ0) is 12.7. The van der Waals surface area contributed by atoms with Crippen LogP contribution in [0.2, 0.25) is 0 Å². The Morgan fingerprint density at radius 1 is 1.39 bits per heavy atom. The quantitative estimate of drug-likeness (QED) is 0.854. The van der Waals surface area contributed by atoms with Crippen molar-refractivity contribution >= 4 is 5.91 Å². The third-order valence-electron chi connectivity index (χ3n) is 3.90. The maximum atomic E-state index is 11.8. The molecule has 1 saturated heterocycles. The molecule has 4 heteroatoms. The van der Waals surface area contributed by atoms with E-state index in [1.54, 1.807) is 4.90 Å². The average Bonchev–Trinajstić information content (AvgIpc) is 2.88. The molecule has 1 unspecified atom stereocenters. The van der Waals surface area contributed by atoms with Crippen LogP contribution in [0.15, 0.2) is 18.2 Å². The van der Waals surface area contributed by atoms with Crippen molar-refractivity contribution in [3.63, 3.8) is 0 Å². The number of amides is 1. The second kappa shape index (κ2) is 4.28. The number of likely N-dealkylation sites (tertiary alicyclic amines) is 1. The standard InChI is InChI=1S/C14H18N2O2/c1-16-7-6-13(14(16)17)18-10-3-4-11-9(8-10)2-5-12(11)15/h3-4,8,12-13H,2,5-7,15H2,1H3/t12-,13?/m1/s1. The minimum atomic E-state index is -0.317. The van der Waals surface area contributed by atoms with Gasteiger partial charge in [0.25, 0.3) is 5.91 Å². The Hall–Kier alpha value is -1.55. The van der Waals surface area contributed by atoms with Gasteiger partial charge in [0.15, 0.2) is 6.10 Å². The van der Waals surface area contributed by atoms with Gasteiger partial charge >= 0.3 is 0 Å². The van der Waals surface area contributed by atoms with Gasteiger partial charge in [-0.3, -0.25) is 4.79 Å². The van der Waals surface area contributed by atoms with E-state index in [1.165, 1.54) is 11.1 Å². The van der Waals surface area contributed by atoms with Crippen LogP contribution in [-0.4, -0.2) is 30.5 Å². The summed E-state index contributed by atoms with van der Waals surface area (Å²) in [5.41, 5.74) is 8.48. The van der Waals surface area contributed by atoms with Crippen LogP contribution in [0.1, 0.15) is 30.0 Å². The molecular weight excluding hydrogens is 228 g/mol. The van der Waals surface area contributed by atoms with Crippen molar-refractivity contribution < 1.29 is 9.53 Å². The SMILES string of the molecule is CN1CCC(Oc2ccc3c(c2)CC[C@H]3N)C1=O. The van der Waals surface area contributed by atoms with Gasteiger partial charge in [0, 0.05) is 26.1 Å². The number of hydrogen-bond acceptors (Lipinski definition) is 3. The number of likely N-dealkylation sites (N-methyl/N-ethyl adjacent to an activating group) is 1. The van der Waals surface area contributed by atoms with Crippen molar-refractivity contribution in [2.24, 2.45) is 5.73 Å². The van der Waals surface area contributed by atoms with Gasteiger partial charge < -0.3 is 15.4 Å². The van der Waals surface area contributed by atoms with Crippen molar-refractivity contribution in [3.05, 3.63) is 29.3 Å². The summed E-state index contributed by atoms with van der Waals surface area (Å²) in [4.78, 5) is 13.5. The van der Waals surface area contributed by atoms with E-state index in [9.17, 15) is 4.79 Å². The van der Waals surface area contributed by atoms with E-state index in [4.69, 9.17) is 10.5 Å². The normalized spacial score (nSPS) is 26.6. The van der Waals surface area contributed by atoms with Gasteiger partial charge in [-0.2, -0.15) is 0 Å².